The van der Waals surface area contributed by atoms with Crippen molar-refractivity contribution in [2.45, 2.75) is 51.6 Å². The monoisotopic (exact) mass is 373 g/mol. The van der Waals surface area contributed by atoms with Crippen LogP contribution in [-0.4, -0.2) is 67.0 Å². The van der Waals surface area contributed by atoms with Crippen molar-refractivity contribution in [1.29, 1.82) is 0 Å². The molecule has 0 aliphatic carbocycles. The molecule has 27 heavy (non-hydrogen) atoms. The van der Waals surface area contributed by atoms with Crippen LogP contribution in [0.15, 0.2) is 18.2 Å². The Morgan fingerprint density at radius 3 is 2.85 bits per heavy atom. The fraction of sp³-hybridized carbons (Fsp3) is 0.619. The SMILES string of the molecule is Cc1ccc(OCCCN(C)C(=O)CN2C[C@@H]3CC[C@H](CC2=O)N3)c(C)c1. The predicted octanol–water partition coefficient (Wildman–Crippen LogP) is 1.88. The van der Waals surface area contributed by atoms with Crippen LogP contribution in [0.1, 0.15) is 36.8 Å². The summed E-state index contributed by atoms with van der Waals surface area (Å²) in [4.78, 5) is 28.3. The molecule has 2 heterocycles. The van der Waals surface area contributed by atoms with E-state index in [1.165, 1.54) is 5.56 Å². The fourth-order valence-corrected chi connectivity index (χ4v) is 3.92. The van der Waals surface area contributed by atoms with Crippen LogP contribution in [0.4, 0.5) is 0 Å². The van der Waals surface area contributed by atoms with Crippen LogP contribution in [0.5, 0.6) is 5.75 Å². The summed E-state index contributed by atoms with van der Waals surface area (Å²) < 4.78 is 5.83. The maximum atomic E-state index is 12.5. The Bertz CT molecular complexity index is 691. The molecule has 6 heteroatoms. The average Bonchev–Trinajstić information content (AvgIpc) is 2.99. The third-order valence-corrected chi connectivity index (χ3v) is 5.53. The molecule has 2 aliphatic rings. The zero-order valence-electron chi connectivity index (χ0n) is 16.7. The van der Waals surface area contributed by atoms with E-state index in [0.717, 1.165) is 30.6 Å². The average molecular weight is 373 g/mol. The normalized spacial score (nSPS) is 21.9. The van der Waals surface area contributed by atoms with Crippen LogP contribution < -0.4 is 10.1 Å². The highest BCUT2D eigenvalue weighted by molar-refractivity contribution is 5.85. The van der Waals surface area contributed by atoms with E-state index in [0.29, 0.717) is 38.2 Å². The highest BCUT2D eigenvalue weighted by Crippen LogP contribution is 2.21. The summed E-state index contributed by atoms with van der Waals surface area (Å²) in [5.74, 6) is 0.981. The topological polar surface area (TPSA) is 61.9 Å². The van der Waals surface area contributed by atoms with Crippen LogP contribution in [0.3, 0.4) is 0 Å². The summed E-state index contributed by atoms with van der Waals surface area (Å²) in [5.41, 5.74) is 2.35. The number of likely N-dealkylation sites (tertiary alicyclic amines) is 1. The van der Waals surface area contributed by atoms with Gasteiger partial charge in [-0.2, -0.15) is 0 Å². The van der Waals surface area contributed by atoms with Crippen LogP contribution in [0.25, 0.3) is 0 Å². The third-order valence-electron chi connectivity index (χ3n) is 5.53. The van der Waals surface area contributed by atoms with Crippen molar-refractivity contribution in [2.75, 3.05) is 33.3 Å². The maximum absolute atomic E-state index is 12.5. The van der Waals surface area contributed by atoms with Gasteiger partial charge in [-0.25, -0.2) is 0 Å². The summed E-state index contributed by atoms with van der Waals surface area (Å²) >= 11 is 0. The quantitative estimate of drug-likeness (QED) is 0.742. The second-order valence-electron chi connectivity index (χ2n) is 7.90. The highest BCUT2D eigenvalue weighted by Gasteiger charge is 2.34. The molecule has 2 amide bonds. The zero-order chi connectivity index (χ0) is 19.4. The third kappa shape index (κ3) is 5.22. The van der Waals surface area contributed by atoms with E-state index in [1.807, 2.05) is 19.1 Å². The summed E-state index contributed by atoms with van der Waals surface area (Å²) in [5, 5.41) is 3.48. The molecule has 148 valence electrons. The lowest BCUT2D eigenvalue weighted by Gasteiger charge is -2.26. The van der Waals surface area contributed by atoms with Crippen LogP contribution in [-0.2, 0) is 9.59 Å². The molecule has 0 saturated carbocycles. The van der Waals surface area contributed by atoms with Crippen molar-refractivity contribution in [1.82, 2.24) is 15.1 Å². The van der Waals surface area contributed by atoms with Crippen molar-refractivity contribution in [2.24, 2.45) is 0 Å². The van der Waals surface area contributed by atoms with Crippen LogP contribution >= 0.6 is 0 Å². The van der Waals surface area contributed by atoms with Gasteiger partial charge in [-0.05, 0) is 44.7 Å². The lowest BCUT2D eigenvalue weighted by molar-refractivity contribution is -0.140. The first-order valence-electron chi connectivity index (χ1n) is 9.90. The summed E-state index contributed by atoms with van der Waals surface area (Å²) in [6.45, 7) is 6.11. The lowest BCUT2D eigenvalue weighted by Crippen LogP contribution is -2.44. The van der Waals surface area contributed by atoms with Crippen molar-refractivity contribution in [3.8, 4) is 5.75 Å². The number of benzene rings is 1. The molecule has 3 rings (SSSR count). The van der Waals surface area contributed by atoms with Crippen LogP contribution in [0, 0.1) is 13.8 Å². The molecule has 0 spiro atoms. The second kappa shape index (κ2) is 8.74. The number of fused-ring (bicyclic) bond motifs is 2. The van der Waals surface area contributed by atoms with Crippen molar-refractivity contribution < 1.29 is 14.3 Å². The van der Waals surface area contributed by atoms with Crippen molar-refractivity contribution in [3.05, 3.63) is 29.3 Å². The van der Waals surface area contributed by atoms with E-state index >= 15 is 0 Å². The Hall–Kier alpha value is -2.08. The molecule has 1 aromatic rings. The van der Waals surface area contributed by atoms with Crippen molar-refractivity contribution in [3.63, 3.8) is 0 Å². The van der Waals surface area contributed by atoms with E-state index in [1.54, 1.807) is 16.8 Å². The first kappa shape index (κ1) is 19.7. The Kier molecular flexibility index (Phi) is 6.37. The minimum Gasteiger partial charge on any atom is -0.493 e. The van der Waals surface area contributed by atoms with Crippen LogP contribution in [0.2, 0.25) is 0 Å². The molecule has 2 atom stereocenters. The molecule has 0 unspecified atom stereocenters. The lowest BCUT2D eigenvalue weighted by atomic mass is 10.1. The number of nitrogens with zero attached hydrogens (tertiary/aromatic N) is 2. The largest absolute Gasteiger partial charge is 0.493 e. The first-order valence-corrected chi connectivity index (χ1v) is 9.90. The summed E-state index contributed by atoms with van der Waals surface area (Å²) in [7, 11) is 1.80. The number of hydrogen-bond acceptors (Lipinski definition) is 4. The molecular weight excluding hydrogens is 342 g/mol. The van der Waals surface area contributed by atoms with Gasteiger partial charge in [0.2, 0.25) is 11.8 Å². The Morgan fingerprint density at radius 1 is 1.30 bits per heavy atom. The van der Waals surface area contributed by atoms with Gasteiger partial charge in [0.1, 0.15) is 5.75 Å². The van der Waals surface area contributed by atoms with Gasteiger partial charge in [-0.15, -0.1) is 0 Å². The summed E-state index contributed by atoms with van der Waals surface area (Å²) in [6.07, 6.45) is 3.43. The number of amides is 2. The highest BCUT2D eigenvalue weighted by atomic mass is 16.5. The first-order chi connectivity index (χ1) is 12.9. The smallest absolute Gasteiger partial charge is 0.241 e. The second-order valence-corrected chi connectivity index (χ2v) is 7.90. The number of hydrogen-bond donors (Lipinski definition) is 1. The molecule has 2 aliphatic heterocycles. The van der Waals surface area contributed by atoms with Gasteiger partial charge in [0.25, 0.3) is 0 Å². The molecule has 2 fully saturated rings. The molecule has 1 N–H and O–H groups in total. The molecule has 1 aromatic carbocycles. The van der Waals surface area contributed by atoms with E-state index < -0.39 is 0 Å². The number of carbonyl (C=O) groups excluding carboxylic acids is 2. The van der Waals surface area contributed by atoms with Gasteiger partial charge < -0.3 is 19.9 Å². The number of ether oxygens (including phenoxy) is 1. The number of aryl methyl sites for hydroxylation is 2. The Balaban J connectivity index is 1.40. The van der Waals surface area contributed by atoms with Gasteiger partial charge in [-0.1, -0.05) is 17.7 Å². The summed E-state index contributed by atoms with van der Waals surface area (Å²) in [6, 6.07) is 6.77. The Morgan fingerprint density at radius 2 is 2.07 bits per heavy atom. The van der Waals surface area contributed by atoms with Gasteiger partial charge >= 0.3 is 0 Å². The van der Waals surface area contributed by atoms with Gasteiger partial charge in [-0.3, -0.25) is 9.59 Å². The van der Waals surface area contributed by atoms with E-state index in [9.17, 15) is 9.59 Å². The Labute approximate surface area is 161 Å². The molecule has 6 nitrogen and oxygen atoms in total. The number of likely N-dealkylation sites (N-methyl/N-ethyl adjacent to an activating group) is 1. The van der Waals surface area contributed by atoms with Crippen molar-refractivity contribution >= 4 is 11.8 Å². The van der Waals surface area contributed by atoms with E-state index in [4.69, 9.17) is 4.74 Å². The molecule has 2 saturated heterocycles. The maximum Gasteiger partial charge on any atom is 0.241 e. The molecule has 0 aromatic heterocycles. The molecule has 0 radical (unpaired) electrons. The van der Waals surface area contributed by atoms with Gasteiger partial charge in [0.05, 0.1) is 13.2 Å². The van der Waals surface area contributed by atoms with Gasteiger partial charge in [0, 0.05) is 38.6 Å². The van der Waals surface area contributed by atoms with E-state index in [-0.39, 0.29) is 18.4 Å². The number of nitrogens with one attached hydrogen (secondary N) is 1. The fourth-order valence-electron chi connectivity index (χ4n) is 3.92. The number of rotatable bonds is 7. The predicted molar refractivity (Wildman–Crippen MR) is 105 cm³/mol. The zero-order valence-corrected chi connectivity index (χ0v) is 16.7. The molecular formula is C21H31N3O3. The minimum atomic E-state index is -0.00681. The molecule has 2 bridgehead atoms. The van der Waals surface area contributed by atoms with Gasteiger partial charge in [0.15, 0.2) is 0 Å². The standard InChI is InChI=1S/C21H31N3O3/c1-15-5-8-19(16(2)11-15)27-10-4-9-23(3)21(26)14-24-13-18-7-6-17(22-18)12-20(24)25/h5,8,11,17-18,22H,4,6-7,9-10,12-14H2,1-3H3/t17-,18+/m1/s1. The van der Waals surface area contributed by atoms with E-state index in [2.05, 4.69) is 18.3 Å². The number of carbonyl (C=O) groups is 2. The minimum absolute atomic E-state index is 0.00681.